The van der Waals surface area contributed by atoms with Crippen LogP contribution in [-0.2, 0) is 0 Å². The Hall–Kier alpha value is -3.04. The molecule has 114 valence electrons. The SMILES string of the molecule is [C-]#[N+]/C(=C\c1ccc(N(CC)CC)cc1)c1ccc(C#N)cc1. The number of nitrogens with zero attached hydrogens (tertiary/aromatic N) is 3. The Morgan fingerprint density at radius 3 is 2.17 bits per heavy atom. The molecule has 2 aromatic carbocycles. The van der Waals surface area contributed by atoms with E-state index in [4.69, 9.17) is 11.8 Å². The van der Waals surface area contributed by atoms with Crippen LogP contribution in [0, 0.1) is 17.9 Å². The maximum absolute atomic E-state index is 8.84. The maximum atomic E-state index is 8.84. The van der Waals surface area contributed by atoms with Gasteiger partial charge in [-0.2, -0.15) is 5.26 Å². The van der Waals surface area contributed by atoms with Gasteiger partial charge in [-0.3, -0.25) is 0 Å². The Morgan fingerprint density at radius 2 is 1.70 bits per heavy atom. The van der Waals surface area contributed by atoms with Crippen molar-refractivity contribution in [2.75, 3.05) is 18.0 Å². The summed E-state index contributed by atoms with van der Waals surface area (Å²) in [4.78, 5) is 5.90. The van der Waals surface area contributed by atoms with Crippen molar-refractivity contribution in [2.24, 2.45) is 0 Å². The lowest BCUT2D eigenvalue weighted by Crippen LogP contribution is -2.21. The van der Waals surface area contributed by atoms with E-state index in [9.17, 15) is 0 Å². The molecule has 0 aliphatic carbocycles. The molecule has 2 aromatic rings. The van der Waals surface area contributed by atoms with Crippen molar-refractivity contribution in [1.82, 2.24) is 0 Å². The predicted molar refractivity (Wildman–Crippen MR) is 95.6 cm³/mol. The summed E-state index contributed by atoms with van der Waals surface area (Å²) in [6.45, 7) is 13.6. The second-order valence-electron chi connectivity index (χ2n) is 5.09. The van der Waals surface area contributed by atoms with Crippen molar-refractivity contribution in [1.29, 1.82) is 5.26 Å². The highest BCUT2D eigenvalue weighted by Gasteiger charge is 2.04. The number of benzene rings is 2. The summed E-state index contributed by atoms with van der Waals surface area (Å²) >= 11 is 0. The molecule has 0 atom stereocenters. The van der Waals surface area contributed by atoms with E-state index < -0.39 is 0 Å². The maximum Gasteiger partial charge on any atom is 0.194 e. The number of rotatable bonds is 5. The Kier molecular flexibility index (Phi) is 5.56. The molecule has 23 heavy (non-hydrogen) atoms. The molecule has 0 heterocycles. The molecule has 0 unspecified atom stereocenters. The zero-order valence-electron chi connectivity index (χ0n) is 13.5. The van der Waals surface area contributed by atoms with Gasteiger partial charge < -0.3 is 4.90 Å². The molecule has 3 nitrogen and oxygen atoms in total. The van der Waals surface area contributed by atoms with E-state index in [1.807, 2.05) is 30.3 Å². The molecule has 0 fully saturated rings. The monoisotopic (exact) mass is 301 g/mol. The lowest BCUT2D eigenvalue weighted by Gasteiger charge is -2.20. The van der Waals surface area contributed by atoms with Gasteiger partial charge >= 0.3 is 0 Å². The molecule has 0 N–H and O–H groups in total. The van der Waals surface area contributed by atoms with Crippen molar-refractivity contribution in [3.05, 3.63) is 76.6 Å². The molecule has 2 rings (SSSR count). The van der Waals surface area contributed by atoms with Crippen molar-refractivity contribution >= 4 is 17.5 Å². The van der Waals surface area contributed by atoms with Gasteiger partial charge in [0.1, 0.15) is 0 Å². The number of hydrogen-bond acceptors (Lipinski definition) is 2. The van der Waals surface area contributed by atoms with Crippen LogP contribution in [0.2, 0.25) is 0 Å². The highest BCUT2D eigenvalue weighted by Crippen LogP contribution is 2.22. The third kappa shape index (κ3) is 3.99. The topological polar surface area (TPSA) is 31.4 Å². The quantitative estimate of drug-likeness (QED) is 0.585. The van der Waals surface area contributed by atoms with Gasteiger partial charge in [0.25, 0.3) is 0 Å². The fourth-order valence-electron chi connectivity index (χ4n) is 2.42. The zero-order valence-corrected chi connectivity index (χ0v) is 13.5. The van der Waals surface area contributed by atoms with Crippen LogP contribution in [0.1, 0.15) is 30.5 Å². The van der Waals surface area contributed by atoms with Crippen LogP contribution >= 0.6 is 0 Å². The minimum Gasteiger partial charge on any atom is -0.372 e. The van der Waals surface area contributed by atoms with Crippen LogP contribution in [0.15, 0.2) is 48.5 Å². The molecule has 0 amide bonds. The summed E-state index contributed by atoms with van der Waals surface area (Å²) < 4.78 is 0. The number of anilines is 1. The average molecular weight is 301 g/mol. The summed E-state index contributed by atoms with van der Waals surface area (Å²) in [6, 6.07) is 17.4. The molecule has 0 saturated heterocycles. The first-order valence-electron chi connectivity index (χ1n) is 7.66. The summed E-state index contributed by atoms with van der Waals surface area (Å²) in [5.74, 6) is 0. The second kappa shape index (κ2) is 7.82. The van der Waals surface area contributed by atoms with Gasteiger partial charge in [-0.25, -0.2) is 4.85 Å². The predicted octanol–water partition coefficient (Wildman–Crippen LogP) is 4.82. The van der Waals surface area contributed by atoms with Gasteiger partial charge in [-0.05, 0) is 55.3 Å². The van der Waals surface area contributed by atoms with Crippen molar-refractivity contribution in [2.45, 2.75) is 13.8 Å². The lowest BCUT2D eigenvalue weighted by molar-refractivity contribution is 0.866. The summed E-state index contributed by atoms with van der Waals surface area (Å²) in [7, 11) is 0. The van der Waals surface area contributed by atoms with Crippen LogP contribution in [-0.4, -0.2) is 13.1 Å². The van der Waals surface area contributed by atoms with E-state index in [1.165, 1.54) is 5.69 Å². The fraction of sp³-hybridized carbons (Fsp3) is 0.200. The van der Waals surface area contributed by atoms with E-state index in [0.29, 0.717) is 11.3 Å². The molecule has 0 aliphatic heterocycles. The van der Waals surface area contributed by atoms with E-state index >= 15 is 0 Å². The molecule has 3 heteroatoms. The van der Waals surface area contributed by atoms with Crippen LogP contribution in [0.4, 0.5) is 5.69 Å². The highest BCUT2D eigenvalue weighted by atomic mass is 15.1. The van der Waals surface area contributed by atoms with Crippen molar-refractivity contribution < 1.29 is 0 Å². The first-order valence-corrected chi connectivity index (χ1v) is 7.66. The summed E-state index contributed by atoms with van der Waals surface area (Å²) in [5, 5.41) is 8.84. The van der Waals surface area contributed by atoms with Crippen LogP contribution in [0.25, 0.3) is 16.6 Å². The van der Waals surface area contributed by atoms with Crippen LogP contribution in [0.5, 0.6) is 0 Å². The molecular formula is C20H19N3. The molecule has 0 spiro atoms. The second-order valence-corrected chi connectivity index (χ2v) is 5.09. The molecule has 0 radical (unpaired) electrons. The van der Waals surface area contributed by atoms with Gasteiger partial charge in [0, 0.05) is 18.8 Å². The number of hydrogen-bond donors (Lipinski definition) is 0. The van der Waals surface area contributed by atoms with E-state index in [-0.39, 0.29) is 0 Å². The van der Waals surface area contributed by atoms with E-state index in [1.54, 1.807) is 12.1 Å². The summed E-state index contributed by atoms with van der Waals surface area (Å²) in [5.41, 5.74) is 4.18. The first-order chi connectivity index (χ1) is 11.2. The normalized spacial score (nSPS) is 10.7. The molecular weight excluding hydrogens is 282 g/mol. The highest BCUT2D eigenvalue weighted by molar-refractivity contribution is 5.85. The zero-order chi connectivity index (χ0) is 16.7. The third-order valence-electron chi connectivity index (χ3n) is 3.76. The lowest BCUT2D eigenvalue weighted by atomic mass is 10.1. The fourth-order valence-corrected chi connectivity index (χ4v) is 2.42. The van der Waals surface area contributed by atoms with Crippen LogP contribution in [0.3, 0.4) is 0 Å². The number of nitriles is 1. The van der Waals surface area contributed by atoms with Gasteiger partial charge in [0.15, 0.2) is 5.70 Å². The smallest absolute Gasteiger partial charge is 0.194 e. The Morgan fingerprint density at radius 1 is 1.09 bits per heavy atom. The standard InChI is InChI=1S/C20H19N3/c1-4-23(5-2)19-12-8-16(9-13-19)14-20(22-3)18-10-6-17(15-21)7-11-18/h6-14H,4-5H2,1-2H3/b20-14-. The average Bonchev–Trinajstić information content (AvgIpc) is 2.62. The minimum atomic E-state index is 0.574. The molecule has 0 aromatic heterocycles. The third-order valence-corrected chi connectivity index (χ3v) is 3.76. The minimum absolute atomic E-state index is 0.574. The van der Waals surface area contributed by atoms with Gasteiger partial charge in [0.2, 0.25) is 0 Å². The Bertz CT molecular complexity index is 753. The van der Waals surface area contributed by atoms with E-state index in [2.05, 4.69) is 41.8 Å². The van der Waals surface area contributed by atoms with Gasteiger partial charge in [-0.1, -0.05) is 24.3 Å². The van der Waals surface area contributed by atoms with Crippen LogP contribution < -0.4 is 4.90 Å². The Labute approximate surface area is 137 Å². The van der Waals surface area contributed by atoms with Gasteiger partial charge in [0.05, 0.1) is 18.2 Å². The van der Waals surface area contributed by atoms with Gasteiger partial charge in [-0.15, -0.1) is 0 Å². The first kappa shape index (κ1) is 16.3. The Balaban J connectivity index is 2.27. The van der Waals surface area contributed by atoms with E-state index in [0.717, 1.165) is 24.2 Å². The van der Waals surface area contributed by atoms with Crippen molar-refractivity contribution in [3.8, 4) is 6.07 Å². The molecule has 0 aliphatic rings. The largest absolute Gasteiger partial charge is 0.372 e. The summed E-state index contributed by atoms with van der Waals surface area (Å²) in [6.07, 6.45) is 1.88. The molecule has 0 bridgehead atoms. The molecule has 0 saturated carbocycles. The van der Waals surface area contributed by atoms with Crippen molar-refractivity contribution in [3.63, 3.8) is 0 Å².